The molecule has 2 nitrogen and oxygen atoms in total. The Bertz CT molecular complexity index is 428. The van der Waals surface area contributed by atoms with E-state index in [1.54, 1.807) is 6.92 Å². The molecule has 2 rings (SSSR count). The van der Waals surface area contributed by atoms with Crippen molar-refractivity contribution < 1.29 is 9.13 Å². The Balaban J connectivity index is 2.45. The maximum atomic E-state index is 13.6. The molecule has 1 heterocycles. The van der Waals surface area contributed by atoms with Crippen LogP contribution in [0.5, 0.6) is 5.75 Å². The molecule has 0 saturated heterocycles. The van der Waals surface area contributed by atoms with E-state index in [-0.39, 0.29) is 17.5 Å². The number of aryl methyl sites for hydroxylation is 1. The summed E-state index contributed by atoms with van der Waals surface area (Å²) in [5, 5.41) is 3.44. The summed E-state index contributed by atoms with van der Waals surface area (Å²) in [6.45, 7) is 8.85. The van der Waals surface area contributed by atoms with Crippen molar-refractivity contribution in [2.24, 2.45) is 0 Å². The molecule has 0 aromatic heterocycles. The fourth-order valence-corrected chi connectivity index (χ4v) is 2.42. The van der Waals surface area contributed by atoms with Crippen molar-refractivity contribution in [1.29, 1.82) is 0 Å². The average Bonchev–Trinajstić information content (AvgIpc) is 2.20. The molecular formula is C14H20FNO. The van der Waals surface area contributed by atoms with E-state index in [2.05, 4.69) is 12.2 Å². The Morgan fingerprint density at radius 3 is 2.82 bits per heavy atom. The molecular weight excluding hydrogens is 217 g/mol. The van der Waals surface area contributed by atoms with Gasteiger partial charge < -0.3 is 10.1 Å². The molecule has 3 heteroatoms. The number of rotatable bonds is 2. The quantitative estimate of drug-likeness (QED) is 0.851. The predicted octanol–water partition coefficient (Wildman–Crippen LogP) is 3.35. The smallest absolute Gasteiger partial charge is 0.129 e. The second-order valence-corrected chi connectivity index (χ2v) is 5.32. The second kappa shape index (κ2) is 4.30. The minimum Gasteiger partial charge on any atom is -0.487 e. The van der Waals surface area contributed by atoms with E-state index < -0.39 is 0 Å². The largest absolute Gasteiger partial charge is 0.487 e. The minimum absolute atomic E-state index is 0.198. The van der Waals surface area contributed by atoms with Crippen LogP contribution in [0.1, 0.15) is 44.4 Å². The number of halogens is 1. The van der Waals surface area contributed by atoms with E-state index in [0.29, 0.717) is 11.3 Å². The SMILES string of the molecule is CCNC1CC(C)(C)Oc2cc(F)c(C)cc21. The van der Waals surface area contributed by atoms with Gasteiger partial charge in [-0.2, -0.15) is 0 Å². The van der Waals surface area contributed by atoms with E-state index >= 15 is 0 Å². The molecule has 0 radical (unpaired) electrons. The highest BCUT2D eigenvalue weighted by Crippen LogP contribution is 2.40. The van der Waals surface area contributed by atoms with Crippen LogP contribution in [-0.2, 0) is 0 Å². The molecule has 0 amide bonds. The molecule has 1 aliphatic heterocycles. The maximum absolute atomic E-state index is 13.6. The van der Waals surface area contributed by atoms with Crippen molar-refractivity contribution in [3.05, 3.63) is 29.1 Å². The standard InChI is InChI=1S/C14H20FNO/c1-5-16-12-8-14(3,4)17-13-7-11(15)9(2)6-10(12)13/h6-7,12,16H,5,8H2,1-4H3. The summed E-state index contributed by atoms with van der Waals surface area (Å²) < 4.78 is 19.4. The first-order chi connectivity index (χ1) is 7.93. The summed E-state index contributed by atoms with van der Waals surface area (Å²) >= 11 is 0. The molecule has 1 N–H and O–H groups in total. The number of nitrogens with one attached hydrogen (secondary N) is 1. The fourth-order valence-electron chi connectivity index (χ4n) is 2.42. The first-order valence-electron chi connectivity index (χ1n) is 6.15. The lowest BCUT2D eigenvalue weighted by Crippen LogP contribution is -2.39. The zero-order valence-corrected chi connectivity index (χ0v) is 10.9. The van der Waals surface area contributed by atoms with Crippen molar-refractivity contribution in [2.45, 2.75) is 45.8 Å². The molecule has 17 heavy (non-hydrogen) atoms. The minimum atomic E-state index is -0.248. The molecule has 0 saturated carbocycles. The maximum Gasteiger partial charge on any atom is 0.129 e. The molecule has 1 atom stereocenters. The van der Waals surface area contributed by atoms with Gasteiger partial charge in [0.2, 0.25) is 0 Å². The summed E-state index contributed by atoms with van der Waals surface area (Å²) in [5.41, 5.74) is 1.50. The van der Waals surface area contributed by atoms with Gasteiger partial charge in [0.05, 0.1) is 0 Å². The first-order valence-corrected chi connectivity index (χ1v) is 6.15. The number of ether oxygens (including phenoxy) is 1. The average molecular weight is 237 g/mol. The molecule has 94 valence electrons. The van der Waals surface area contributed by atoms with E-state index in [9.17, 15) is 4.39 Å². The summed E-state index contributed by atoms with van der Waals surface area (Å²) in [5.74, 6) is 0.479. The lowest BCUT2D eigenvalue weighted by Gasteiger charge is -2.38. The monoisotopic (exact) mass is 237 g/mol. The Labute approximate surface area is 102 Å². The number of fused-ring (bicyclic) bond motifs is 1. The normalized spacial score (nSPS) is 21.8. The summed E-state index contributed by atoms with van der Waals surface area (Å²) in [7, 11) is 0. The number of hydrogen-bond donors (Lipinski definition) is 1. The van der Waals surface area contributed by atoms with Gasteiger partial charge in [-0.25, -0.2) is 4.39 Å². The Morgan fingerprint density at radius 2 is 2.18 bits per heavy atom. The zero-order chi connectivity index (χ0) is 12.6. The van der Waals surface area contributed by atoms with Gasteiger partial charge in [0.25, 0.3) is 0 Å². The zero-order valence-electron chi connectivity index (χ0n) is 10.9. The lowest BCUT2D eigenvalue weighted by atomic mass is 9.89. The molecule has 1 aliphatic rings. The molecule has 0 fully saturated rings. The topological polar surface area (TPSA) is 21.3 Å². The van der Waals surface area contributed by atoms with Crippen LogP contribution in [0.4, 0.5) is 4.39 Å². The van der Waals surface area contributed by atoms with Crippen molar-refractivity contribution in [1.82, 2.24) is 5.32 Å². The predicted molar refractivity (Wildman–Crippen MR) is 66.9 cm³/mol. The molecule has 1 unspecified atom stereocenters. The molecule has 1 aromatic carbocycles. The van der Waals surface area contributed by atoms with E-state index in [1.165, 1.54) is 6.07 Å². The van der Waals surface area contributed by atoms with Gasteiger partial charge in [0, 0.05) is 24.1 Å². The van der Waals surface area contributed by atoms with Crippen molar-refractivity contribution in [3.63, 3.8) is 0 Å². The fraction of sp³-hybridized carbons (Fsp3) is 0.571. The van der Waals surface area contributed by atoms with E-state index in [4.69, 9.17) is 4.74 Å². The van der Waals surface area contributed by atoms with Gasteiger partial charge in [-0.05, 0) is 38.9 Å². The summed E-state index contributed by atoms with van der Waals surface area (Å²) in [4.78, 5) is 0. The second-order valence-electron chi connectivity index (χ2n) is 5.32. The first kappa shape index (κ1) is 12.4. The van der Waals surface area contributed by atoms with Crippen LogP contribution in [0.2, 0.25) is 0 Å². The third kappa shape index (κ3) is 2.44. The third-order valence-corrected chi connectivity index (χ3v) is 3.20. The molecule has 0 spiro atoms. The summed E-state index contributed by atoms with van der Waals surface area (Å²) in [6.07, 6.45) is 0.902. The van der Waals surface area contributed by atoms with Gasteiger partial charge >= 0.3 is 0 Å². The Kier molecular flexibility index (Phi) is 3.13. The van der Waals surface area contributed by atoms with E-state index in [1.807, 2.05) is 19.9 Å². The number of hydrogen-bond acceptors (Lipinski definition) is 2. The van der Waals surface area contributed by atoms with Crippen LogP contribution in [0.15, 0.2) is 12.1 Å². The Hall–Kier alpha value is -1.09. The van der Waals surface area contributed by atoms with Crippen LogP contribution in [0, 0.1) is 12.7 Å². The Morgan fingerprint density at radius 1 is 1.47 bits per heavy atom. The van der Waals surface area contributed by atoms with Crippen molar-refractivity contribution >= 4 is 0 Å². The highest BCUT2D eigenvalue weighted by Gasteiger charge is 2.33. The lowest BCUT2D eigenvalue weighted by molar-refractivity contribution is 0.0659. The number of benzene rings is 1. The highest BCUT2D eigenvalue weighted by atomic mass is 19.1. The van der Waals surface area contributed by atoms with Gasteiger partial charge in [0.15, 0.2) is 0 Å². The van der Waals surface area contributed by atoms with Gasteiger partial charge in [0.1, 0.15) is 17.2 Å². The van der Waals surface area contributed by atoms with Crippen LogP contribution >= 0.6 is 0 Å². The van der Waals surface area contributed by atoms with E-state index in [0.717, 1.165) is 18.5 Å². The highest BCUT2D eigenvalue weighted by molar-refractivity contribution is 5.42. The van der Waals surface area contributed by atoms with Crippen LogP contribution in [0.25, 0.3) is 0 Å². The van der Waals surface area contributed by atoms with Gasteiger partial charge in [-0.1, -0.05) is 6.92 Å². The van der Waals surface area contributed by atoms with Gasteiger partial charge in [-0.15, -0.1) is 0 Å². The van der Waals surface area contributed by atoms with Crippen LogP contribution in [0.3, 0.4) is 0 Å². The van der Waals surface area contributed by atoms with Crippen molar-refractivity contribution in [2.75, 3.05) is 6.54 Å². The summed E-state index contributed by atoms with van der Waals surface area (Å²) in [6, 6.07) is 3.65. The van der Waals surface area contributed by atoms with Gasteiger partial charge in [-0.3, -0.25) is 0 Å². The third-order valence-electron chi connectivity index (χ3n) is 3.20. The van der Waals surface area contributed by atoms with Crippen molar-refractivity contribution in [3.8, 4) is 5.75 Å². The van der Waals surface area contributed by atoms with Crippen LogP contribution in [-0.4, -0.2) is 12.1 Å². The van der Waals surface area contributed by atoms with Crippen LogP contribution < -0.4 is 10.1 Å². The molecule has 0 aliphatic carbocycles. The molecule has 0 bridgehead atoms. The molecule has 1 aromatic rings.